The molecular formula is C17H14O3. The van der Waals surface area contributed by atoms with Crippen LogP contribution in [0.15, 0.2) is 54.6 Å². The fourth-order valence-corrected chi connectivity index (χ4v) is 2.26. The minimum Gasteiger partial charge on any atom is -0.497 e. The Hall–Kier alpha value is -2.55. The standard InChI is InChI=1S/C17H14O3/c1-19-13-6-4-5-12(11-13)9-10-16-14-7-2-3-8-15(14)17(18)20-16/h2-11,16H,1H3/b10-9+. The maximum absolute atomic E-state index is 11.7. The summed E-state index contributed by atoms with van der Waals surface area (Å²) in [5.41, 5.74) is 2.56. The molecule has 1 heterocycles. The van der Waals surface area contributed by atoms with Crippen LogP contribution in [0.2, 0.25) is 0 Å². The van der Waals surface area contributed by atoms with Gasteiger partial charge in [-0.3, -0.25) is 0 Å². The van der Waals surface area contributed by atoms with E-state index in [0.717, 1.165) is 16.9 Å². The zero-order valence-corrected chi connectivity index (χ0v) is 11.1. The summed E-state index contributed by atoms with van der Waals surface area (Å²) in [6.07, 6.45) is 3.51. The van der Waals surface area contributed by atoms with Gasteiger partial charge in [0.2, 0.25) is 0 Å². The highest BCUT2D eigenvalue weighted by molar-refractivity contribution is 5.94. The van der Waals surface area contributed by atoms with E-state index in [1.54, 1.807) is 13.2 Å². The molecule has 0 spiro atoms. The highest BCUT2D eigenvalue weighted by Gasteiger charge is 2.28. The first-order chi connectivity index (χ1) is 9.78. The number of benzene rings is 2. The molecule has 1 aliphatic heterocycles. The lowest BCUT2D eigenvalue weighted by Crippen LogP contribution is -1.95. The summed E-state index contributed by atoms with van der Waals surface area (Å²) in [4.78, 5) is 11.7. The fraction of sp³-hybridized carbons (Fsp3) is 0.118. The van der Waals surface area contributed by atoms with Crippen molar-refractivity contribution in [3.05, 3.63) is 71.3 Å². The lowest BCUT2D eigenvalue weighted by Gasteiger charge is -2.05. The molecule has 0 bridgehead atoms. The molecule has 2 aromatic rings. The maximum atomic E-state index is 11.7. The van der Waals surface area contributed by atoms with Crippen molar-refractivity contribution in [2.24, 2.45) is 0 Å². The topological polar surface area (TPSA) is 35.5 Å². The van der Waals surface area contributed by atoms with Crippen molar-refractivity contribution >= 4 is 12.0 Å². The Morgan fingerprint density at radius 2 is 2.00 bits per heavy atom. The van der Waals surface area contributed by atoms with Gasteiger partial charge in [-0.1, -0.05) is 36.4 Å². The van der Waals surface area contributed by atoms with Crippen LogP contribution in [0, 0.1) is 0 Å². The highest BCUT2D eigenvalue weighted by atomic mass is 16.5. The number of hydrogen-bond donors (Lipinski definition) is 0. The summed E-state index contributed by atoms with van der Waals surface area (Å²) in [5, 5.41) is 0. The fourth-order valence-electron chi connectivity index (χ4n) is 2.26. The molecule has 0 saturated heterocycles. The average Bonchev–Trinajstić information content (AvgIpc) is 2.82. The minimum atomic E-state index is -0.315. The number of esters is 1. The van der Waals surface area contributed by atoms with Crippen molar-refractivity contribution in [2.45, 2.75) is 6.10 Å². The summed E-state index contributed by atoms with van der Waals surface area (Å²) in [6.45, 7) is 0. The van der Waals surface area contributed by atoms with Gasteiger partial charge in [0.05, 0.1) is 12.7 Å². The normalized spacial score (nSPS) is 17.1. The third-order valence-electron chi connectivity index (χ3n) is 3.28. The van der Waals surface area contributed by atoms with Gasteiger partial charge >= 0.3 is 5.97 Å². The summed E-state index contributed by atoms with van der Waals surface area (Å²) < 4.78 is 10.5. The molecule has 3 heteroatoms. The van der Waals surface area contributed by atoms with Crippen LogP contribution in [-0.4, -0.2) is 13.1 Å². The molecule has 3 nitrogen and oxygen atoms in total. The number of carbonyl (C=O) groups excluding carboxylic acids is 1. The number of ether oxygens (including phenoxy) is 2. The lowest BCUT2D eigenvalue weighted by molar-refractivity contribution is 0.0468. The Morgan fingerprint density at radius 1 is 1.15 bits per heavy atom. The smallest absolute Gasteiger partial charge is 0.339 e. The van der Waals surface area contributed by atoms with Gasteiger partial charge in [-0.25, -0.2) is 4.79 Å². The van der Waals surface area contributed by atoms with Crippen molar-refractivity contribution in [3.8, 4) is 5.75 Å². The van der Waals surface area contributed by atoms with Crippen molar-refractivity contribution in [3.63, 3.8) is 0 Å². The highest BCUT2D eigenvalue weighted by Crippen LogP contribution is 2.31. The molecule has 0 N–H and O–H groups in total. The SMILES string of the molecule is COc1cccc(/C=C/C2OC(=O)c3ccccc32)c1. The second kappa shape index (κ2) is 5.21. The predicted molar refractivity (Wildman–Crippen MR) is 76.6 cm³/mol. The monoisotopic (exact) mass is 266 g/mol. The number of fused-ring (bicyclic) bond motifs is 1. The molecular weight excluding hydrogens is 252 g/mol. The largest absolute Gasteiger partial charge is 0.497 e. The van der Waals surface area contributed by atoms with E-state index in [-0.39, 0.29) is 12.1 Å². The summed E-state index contributed by atoms with van der Waals surface area (Å²) in [5.74, 6) is 0.539. The van der Waals surface area contributed by atoms with Crippen molar-refractivity contribution in [1.29, 1.82) is 0 Å². The second-order valence-electron chi connectivity index (χ2n) is 4.55. The Labute approximate surface area is 117 Å². The van der Waals surface area contributed by atoms with Gasteiger partial charge in [0.1, 0.15) is 11.9 Å². The zero-order valence-electron chi connectivity index (χ0n) is 11.1. The van der Waals surface area contributed by atoms with Crippen LogP contribution in [-0.2, 0) is 4.74 Å². The van der Waals surface area contributed by atoms with Gasteiger partial charge in [0, 0.05) is 5.56 Å². The molecule has 0 amide bonds. The van der Waals surface area contributed by atoms with E-state index in [9.17, 15) is 4.79 Å². The number of hydrogen-bond acceptors (Lipinski definition) is 3. The van der Waals surface area contributed by atoms with Crippen LogP contribution in [0.3, 0.4) is 0 Å². The predicted octanol–water partition coefficient (Wildman–Crippen LogP) is 3.62. The summed E-state index contributed by atoms with van der Waals surface area (Å²) >= 11 is 0. The number of cyclic esters (lactones) is 1. The third-order valence-corrected chi connectivity index (χ3v) is 3.28. The molecule has 3 rings (SSSR count). The first kappa shape index (κ1) is 12.5. The molecule has 20 heavy (non-hydrogen) atoms. The van der Waals surface area contributed by atoms with Crippen LogP contribution in [0.25, 0.3) is 6.08 Å². The number of rotatable bonds is 3. The van der Waals surface area contributed by atoms with Gasteiger partial charge in [-0.2, -0.15) is 0 Å². The molecule has 0 radical (unpaired) electrons. The Morgan fingerprint density at radius 3 is 2.85 bits per heavy atom. The molecule has 100 valence electrons. The lowest BCUT2D eigenvalue weighted by atomic mass is 10.0. The van der Waals surface area contributed by atoms with Gasteiger partial charge in [-0.15, -0.1) is 0 Å². The van der Waals surface area contributed by atoms with E-state index < -0.39 is 0 Å². The summed E-state index contributed by atoms with van der Waals surface area (Å²) in [7, 11) is 1.64. The molecule has 1 atom stereocenters. The zero-order chi connectivity index (χ0) is 13.9. The number of methoxy groups -OCH3 is 1. The summed E-state index contributed by atoms with van der Waals surface area (Å²) in [6, 6.07) is 15.2. The van der Waals surface area contributed by atoms with E-state index >= 15 is 0 Å². The molecule has 0 aromatic heterocycles. The van der Waals surface area contributed by atoms with Crippen molar-refractivity contribution < 1.29 is 14.3 Å². The third kappa shape index (κ3) is 2.30. The first-order valence-electron chi connectivity index (χ1n) is 6.40. The molecule has 0 saturated carbocycles. The van der Waals surface area contributed by atoms with Crippen LogP contribution in [0.1, 0.15) is 27.6 Å². The average molecular weight is 266 g/mol. The van der Waals surface area contributed by atoms with Crippen LogP contribution >= 0.6 is 0 Å². The molecule has 2 aromatic carbocycles. The molecule has 1 unspecified atom stereocenters. The van der Waals surface area contributed by atoms with Gasteiger partial charge in [0.25, 0.3) is 0 Å². The molecule has 0 aliphatic carbocycles. The van der Waals surface area contributed by atoms with E-state index in [4.69, 9.17) is 9.47 Å². The minimum absolute atomic E-state index is 0.263. The van der Waals surface area contributed by atoms with E-state index in [1.807, 2.05) is 54.6 Å². The second-order valence-corrected chi connectivity index (χ2v) is 4.55. The van der Waals surface area contributed by atoms with Crippen molar-refractivity contribution in [2.75, 3.05) is 7.11 Å². The van der Waals surface area contributed by atoms with Gasteiger partial charge in [-0.05, 0) is 29.8 Å². The molecule has 0 fully saturated rings. The van der Waals surface area contributed by atoms with Gasteiger partial charge in [0.15, 0.2) is 0 Å². The Balaban J connectivity index is 1.85. The van der Waals surface area contributed by atoms with E-state index in [0.29, 0.717) is 5.56 Å². The van der Waals surface area contributed by atoms with E-state index in [2.05, 4.69) is 0 Å². The Kier molecular flexibility index (Phi) is 3.25. The maximum Gasteiger partial charge on any atom is 0.339 e. The molecule has 1 aliphatic rings. The van der Waals surface area contributed by atoms with Crippen LogP contribution in [0.4, 0.5) is 0 Å². The quantitative estimate of drug-likeness (QED) is 0.796. The van der Waals surface area contributed by atoms with Crippen LogP contribution < -0.4 is 4.74 Å². The van der Waals surface area contributed by atoms with Crippen molar-refractivity contribution in [1.82, 2.24) is 0 Å². The van der Waals surface area contributed by atoms with E-state index in [1.165, 1.54) is 0 Å². The Bertz CT molecular complexity index is 673. The number of carbonyl (C=O) groups is 1. The van der Waals surface area contributed by atoms with Gasteiger partial charge < -0.3 is 9.47 Å². The first-order valence-corrected chi connectivity index (χ1v) is 6.40. The van der Waals surface area contributed by atoms with Crippen LogP contribution in [0.5, 0.6) is 5.75 Å².